The Hall–Kier alpha value is -0.760. The van der Waals surface area contributed by atoms with Gasteiger partial charge in [0.2, 0.25) is 0 Å². The van der Waals surface area contributed by atoms with Crippen LogP contribution in [0.1, 0.15) is 16.9 Å². The Morgan fingerprint density at radius 1 is 1.55 bits per heavy atom. The number of hydrogen-bond acceptors (Lipinski definition) is 2. The second kappa shape index (κ2) is 2.38. The maximum Gasteiger partial charge on any atom is 0.104 e. The smallest absolute Gasteiger partial charge is 0.104 e. The minimum absolute atomic E-state index is 1.05. The lowest BCUT2D eigenvalue weighted by atomic mass is 10.0. The van der Waals surface area contributed by atoms with Crippen molar-refractivity contribution in [3.05, 3.63) is 23.2 Å². The summed E-state index contributed by atoms with van der Waals surface area (Å²) >= 11 is 0. The van der Waals surface area contributed by atoms with Crippen molar-refractivity contribution in [2.75, 3.05) is 13.6 Å². The standard InChI is InChI=1S/C9H13NO/c1-7-9-3-4-10(2)5-8(9)6-11-7/h6H,3-5H2,1-2H3. The third-order valence-corrected chi connectivity index (χ3v) is 2.37. The molecule has 1 aromatic heterocycles. The maximum absolute atomic E-state index is 5.34. The molecule has 0 saturated heterocycles. The van der Waals surface area contributed by atoms with Crippen LogP contribution in [0.25, 0.3) is 0 Å². The zero-order chi connectivity index (χ0) is 7.84. The molecule has 0 aliphatic carbocycles. The molecular formula is C9H13NO. The number of aryl methyl sites for hydroxylation is 1. The van der Waals surface area contributed by atoms with Gasteiger partial charge in [-0.25, -0.2) is 0 Å². The summed E-state index contributed by atoms with van der Waals surface area (Å²) in [4.78, 5) is 2.32. The van der Waals surface area contributed by atoms with Crippen LogP contribution in [-0.4, -0.2) is 18.5 Å². The minimum atomic E-state index is 1.05. The summed E-state index contributed by atoms with van der Waals surface area (Å²) < 4.78 is 5.34. The van der Waals surface area contributed by atoms with Crippen molar-refractivity contribution in [2.24, 2.45) is 0 Å². The highest BCUT2D eigenvalue weighted by atomic mass is 16.3. The Labute approximate surface area is 66.8 Å². The number of nitrogens with zero attached hydrogens (tertiary/aromatic N) is 1. The quantitative estimate of drug-likeness (QED) is 0.559. The maximum atomic E-state index is 5.34. The summed E-state index contributed by atoms with van der Waals surface area (Å²) in [7, 11) is 2.14. The van der Waals surface area contributed by atoms with Crippen molar-refractivity contribution in [1.29, 1.82) is 0 Å². The zero-order valence-corrected chi connectivity index (χ0v) is 7.05. The second-order valence-electron chi connectivity index (χ2n) is 3.28. The third-order valence-electron chi connectivity index (χ3n) is 2.37. The molecule has 0 amide bonds. The average molecular weight is 151 g/mol. The molecule has 1 aliphatic heterocycles. The summed E-state index contributed by atoms with van der Waals surface area (Å²) in [6.07, 6.45) is 3.04. The first-order valence-electron chi connectivity index (χ1n) is 4.02. The van der Waals surface area contributed by atoms with E-state index in [-0.39, 0.29) is 0 Å². The molecule has 2 rings (SSSR count). The van der Waals surface area contributed by atoms with Gasteiger partial charge in [-0.1, -0.05) is 0 Å². The van der Waals surface area contributed by atoms with Gasteiger partial charge < -0.3 is 9.32 Å². The number of furan rings is 1. The summed E-state index contributed by atoms with van der Waals surface area (Å²) in [6.45, 7) is 4.25. The first kappa shape index (κ1) is 6.92. The summed E-state index contributed by atoms with van der Waals surface area (Å²) in [5.74, 6) is 1.10. The average Bonchev–Trinajstić information content (AvgIpc) is 2.32. The molecule has 11 heavy (non-hydrogen) atoms. The molecule has 1 aromatic rings. The minimum Gasteiger partial charge on any atom is -0.469 e. The molecule has 2 heteroatoms. The van der Waals surface area contributed by atoms with Crippen molar-refractivity contribution in [3.8, 4) is 0 Å². The molecule has 0 radical (unpaired) electrons. The number of hydrogen-bond donors (Lipinski definition) is 0. The zero-order valence-electron chi connectivity index (χ0n) is 7.05. The van der Waals surface area contributed by atoms with Crippen LogP contribution in [0.15, 0.2) is 10.7 Å². The molecule has 0 bridgehead atoms. The SMILES string of the molecule is Cc1occ2c1CCN(C)C2. The first-order chi connectivity index (χ1) is 5.27. The lowest BCUT2D eigenvalue weighted by molar-refractivity contribution is 0.313. The van der Waals surface area contributed by atoms with E-state index in [1.165, 1.54) is 11.1 Å². The van der Waals surface area contributed by atoms with Gasteiger partial charge in [0, 0.05) is 18.7 Å². The van der Waals surface area contributed by atoms with E-state index in [4.69, 9.17) is 4.42 Å². The van der Waals surface area contributed by atoms with Gasteiger partial charge in [0.05, 0.1) is 6.26 Å². The van der Waals surface area contributed by atoms with Crippen molar-refractivity contribution in [2.45, 2.75) is 19.9 Å². The van der Waals surface area contributed by atoms with Gasteiger partial charge >= 0.3 is 0 Å². The second-order valence-corrected chi connectivity index (χ2v) is 3.28. The van der Waals surface area contributed by atoms with E-state index in [1.54, 1.807) is 0 Å². The van der Waals surface area contributed by atoms with Crippen molar-refractivity contribution in [1.82, 2.24) is 4.90 Å². The van der Waals surface area contributed by atoms with Crippen LogP contribution in [-0.2, 0) is 13.0 Å². The summed E-state index contributed by atoms with van der Waals surface area (Å²) in [5, 5.41) is 0. The Kier molecular flexibility index (Phi) is 1.50. The van der Waals surface area contributed by atoms with E-state index in [2.05, 4.69) is 11.9 Å². The molecule has 0 unspecified atom stereocenters. The van der Waals surface area contributed by atoms with Gasteiger partial charge in [-0.3, -0.25) is 0 Å². The van der Waals surface area contributed by atoms with Crippen LogP contribution in [0.3, 0.4) is 0 Å². The Morgan fingerprint density at radius 2 is 2.36 bits per heavy atom. The van der Waals surface area contributed by atoms with Gasteiger partial charge in [0.25, 0.3) is 0 Å². The predicted octanol–water partition coefficient (Wildman–Crippen LogP) is 1.58. The van der Waals surface area contributed by atoms with Crippen LogP contribution in [0.4, 0.5) is 0 Å². The van der Waals surface area contributed by atoms with Gasteiger partial charge in [-0.2, -0.15) is 0 Å². The molecule has 0 N–H and O–H groups in total. The molecule has 1 aliphatic rings. The molecule has 0 spiro atoms. The molecule has 2 nitrogen and oxygen atoms in total. The fourth-order valence-corrected chi connectivity index (χ4v) is 1.67. The largest absolute Gasteiger partial charge is 0.469 e. The molecule has 0 fully saturated rings. The van der Waals surface area contributed by atoms with Crippen LogP contribution in [0, 0.1) is 6.92 Å². The van der Waals surface area contributed by atoms with Crippen LogP contribution in [0.2, 0.25) is 0 Å². The van der Waals surface area contributed by atoms with E-state index in [9.17, 15) is 0 Å². The van der Waals surface area contributed by atoms with E-state index in [1.807, 2.05) is 13.2 Å². The van der Waals surface area contributed by atoms with Gasteiger partial charge in [-0.05, 0) is 26.0 Å². The number of rotatable bonds is 0. The fourth-order valence-electron chi connectivity index (χ4n) is 1.67. The van der Waals surface area contributed by atoms with Crippen molar-refractivity contribution in [3.63, 3.8) is 0 Å². The van der Waals surface area contributed by atoms with Crippen molar-refractivity contribution < 1.29 is 4.42 Å². The molecule has 2 heterocycles. The molecule has 60 valence electrons. The monoisotopic (exact) mass is 151 g/mol. The van der Waals surface area contributed by atoms with Gasteiger partial charge in [0.1, 0.15) is 5.76 Å². The van der Waals surface area contributed by atoms with Gasteiger partial charge in [0.15, 0.2) is 0 Å². The lowest BCUT2D eigenvalue weighted by Crippen LogP contribution is -2.25. The number of likely N-dealkylation sites (N-methyl/N-ethyl adjacent to an activating group) is 1. The highest BCUT2D eigenvalue weighted by Crippen LogP contribution is 2.22. The van der Waals surface area contributed by atoms with E-state index < -0.39 is 0 Å². The van der Waals surface area contributed by atoms with Crippen LogP contribution >= 0.6 is 0 Å². The normalized spacial score (nSPS) is 18.4. The molecular weight excluding hydrogens is 138 g/mol. The van der Waals surface area contributed by atoms with Crippen LogP contribution < -0.4 is 0 Å². The summed E-state index contributed by atoms with van der Waals surface area (Å²) in [5.41, 5.74) is 2.80. The first-order valence-corrected chi connectivity index (χ1v) is 4.02. The Bertz CT molecular complexity index is 265. The third kappa shape index (κ3) is 1.07. The topological polar surface area (TPSA) is 16.4 Å². The van der Waals surface area contributed by atoms with E-state index in [0.29, 0.717) is 0 Å². The van der Waals surface area contributed by atoms with Crippen LogP contribution in [0.5, 0.6) is 0 Å². The van der Waals surface area contributed by atoms with Gasteiger partial charge in [-0.15, -0.1) is 0 Å². The highest BCUT2D eigenvalue weighted by molar-refractivity contribution is 5.29. The summed E-state index contributed by atoms with van der Waals surface area (Å²) in [6, 6.07) is 0. The van der Waals surface area contributed by atoms with E-state index >= 15 is 0 Å². The van der Waals surface area contributed by atoms with E-state index in [0.717, 1.165) is 25.3 Å². The van der Waals surface area contributed by atoms with Crippen molar-refractivity contribution >= 4 is 0 Å². The predicted molar refractivity (Wildman–Crippen MR) is 43.5 cm³/mol. The molecule has 0 saturated carbocycles. The fraction of sp³-hybridized carbons (Fsp3) is 0.556. The Morgan fingerprint density at radius 3 is 3.18 bits per heavy atom. The Balaban J connectivity index is 2.36. The highest BCUT2D eigenvalue weighted by Gasteiger charge is 2.16. The lowest BCUT2D eigenvalue weighted by Gasteiger charge is -2.21. The molecule has 0 aromatic carbocycles. The number of fused-ring (bicyclic) bond motifs is 1. The molecule has 0 atom stereocenters.